The molecule has 1 aromatic rings. The second-order valence-corrected chi connectivity index (χ2v) is 6.53. The number of carbonyl (C=O) groups excluding carboxylic acids is 2. The molecule has 0 amide bonds. The number of aliphatic hydroxyl groups excluding tert-OH is 1. The second kappa shape index (κ2) is 6.92. The molecule has 0 bridgehead atoms. The van der Waals surface area contributed by atoms with E-state index >= 15 is 0 Å². The van der Waals surface area contributed by atoms with E-state index in [1.54, 1.807) is 13.0 Å². The number of hydrogen-bond acceptors (Lipinski definition) is 4. The van der Waals surface area contributed by atoms with E-state index in [0.717, 1.165) is 5.56 Å². The molecule has 1 aromatic carbocycles. The zero-order chi connectivity index (χ0) is 17.0. The lowest BCUT2D eigenvalue weighted by molar-refractivity contribution is -0.157. The molecule has 4 nitrogen and oxygen atoms in total. The molecular weight excluding hydrogens is 292 g/mol. The molecular formula is C19H22O4. The van der Waals surface area contributed by atoms with Gasteiger partial charge >= 0.3 is 5.97 Å². The molecule has 1 aliphatic carbocycles. The highest BCUT2D eigenvalue weighted by atomic mass is 16.6. The molecule has 2 unspecified atom stereocenters. The molecule has 0 saturated heterocycles. The van der Waals surface area contributed by atoms with E-state index in [9.17, 15) is 14.7 Å². The lowest BCUT2D eigenvalue weighted by Gasteiger charge is -2.33. The molecule has 1 aliphatic rings. The van der Waals surface area contributed by atoms with Gasteiger partial charge in [-0.2, -0.15) is 0 Å². The quantitative estimate of drug-likeness (QED) is 0.688. The normalized spacial score (nSPS) is 24.2. The molecule has 23 heavy (non-hydrogen) atoms. The number of Topliss-reactive ketones (excluding diaryl/α,β-unsaturated/α-hetero) is 1. The summed E-state index contributed by atoms with van der Waals surface area (Å²) >= 11 is 0. The van der Waals surface area contributed by atoms with Crippen molar-refractivity contribution in [3.05, 3.63) is 53.6 Å². The summed E-state index contributed by atoms with van der Waals surface area (Å²) in [6.07, 6.45) is 2.93. The van der Waals surface area contributed by atoms with E-state index in [2.05, 4.69) is 0 Å². The number of carbonyl (C=O) groups is 2. The first-order valence-corrected chi connectivity index (χ1v) is 7.63. The van der Waals surface area contributed by atoms with Crippen molar-refractivity contribution >= 4 is 17.8 Å². The first kappa shape index (κ1) is 17.2. The molecule has 0 saturated carbocycles. The zero-order valence-electron chi connectivity index (χ0n) is 13.7. The van der Waals surface area contributed by atoms with Crippen molar-refractivity contribution in [2.75, 3.05) is 0 Å². The van der Waals surface area contributed by atoms with Gasteiger partial charge in [-0.25, -0.2) is 4.79 Å². The maximum Gasteiger partial charge on any atom is 0.331 e. The van der Waals surface area contributed by atoms with Crippen molar-refractivity contribution < 1.29 is 19.4 Å². The van der Waals surface area contributed by atoms with Crippen LogP contribution in [0.25, 0.3) is 6.08 Å². The lowest BCUT2D eigenvalue weighted by Crippen LogP contribution is -2.41. The number of hydrogen-bond donors (Lipinski definition) is 1. The number of benzene rings is 1. The van der Waals surface area contributed by atoms with Gasteiger partial charge in [-0.1, -0.05) is 44.2 Å². The summed E-state index contributed by atoms with van der Waals surface area (Å²) in [5, 5.41) is 10.3. The van der Waals surface area contributed by atoms with Crippen molar-refractivity contribution in [1.29, 1.82) is 0 Å². The molecule has 2 atom stereocenters. The van der Waals surface area contributed by atoms with E-state index in [1.165, 1.54) is 12.2 Å². The van der Waals surface area contributed by atoms with Crippen LogP contribution >= 0.6 is 0 Å². The Morgan fingerprint density at radius 2 is 1.96 bits per heavy atom. The van der Waals surface area contributed by atoms with Gasteiger partial charge in [-0.05, 0) is 30.2 Å². The maximum atomic E-state index is 12.1. The number of ketones is 1. The van der Waals surface area contributed by atoms with Crippen LogP contribution in [-0.2, 0) is 14.3 Å². The highest BCUT2D eigenvalue weighted by Crippen LogP contribution is 2.34. The van der Waals surface area contributed by atoms with Crippen LogP contribution in [0.5, 0.6) is 0 Å². The standard InChI is InChI=1S/C19H22O4/c1-13-11-15(20)18(19(2,3)12-16(13)21)23-17(22)10-9-14-7-5-4-6-8-14/h4-11,15,18,20H,12H2,1-3H3/b10-9+. The van der Waals surface area contributed by atoms with Crippen LogP contribution in [0.15, 0.2) is 48.1 Å². The summed E-state index contributed by atoms with van der Waals surface area (Å²) in [6.45, 7) is 5.31. The molecule has 2 rings (SSSR count). The monoisotopic (exact) mass is 314 g/mol. The van der Waals surface area contributed by atoms with Crippen LogP contribution in [0.1, 0.15) is 32.8 Å². The Labute approximate surface area is 136 Å². The van der Waals surface area contributed by atoms with E-state index in [4.69, 9.17) is 4.74 Å². The Hall–Kier alpha value is -2.20. The fourth-order valence-electron chi connectivity index (χ4n) is 2.67. The van der Waals surface area contributed by atoms with E-state index in [0.29, 0.717) is 5.57 Å². The molecule has 0 radical (unpaired) electrons. The third kappa shape index (κ3) is 4.39. The molecule has 0 spiro atoms. The zero-order valence-corrected chi connectivity index (χ0v) is 13.7. The predicted octanol–water partition coefficient (Wildman–Crippen LogP) is 2.92. The fourth-order valence-corrected chi connectivity index (χ4v) is 2.67. The first-order chi connectivity index (χ1) is 10.8. The van der Waals surface area contributed by atoms with Crippen molar-refractivity contribution in [2.45, 2.75) is 39.4 Å². The fraction of sp³-hybridized carbons (Fsp3) is 0.368. The van der Waals surface area contributed by atoms with Gasteiger partial charge in [0.15, 0.2) is 5.78 Å². The van der Waals surface area contributed by atoms with Gasteiger partial charge < -0.3 is 9.84 Å². The van der Waals surface area contributed by atoms with E-state index in [1.807, 2.05) is 44.2 Å². The minimum atomic E-state index is -0.995. The second-order valence-electron chi connectivity index (χ2n) is 6.53. The lowest BCUT2D eigenvalue weighted by atomic mass is 9.80. The highest BCUT2D eigenvalue weighted by Gasteiger charge is 2.41. The average molecular weight is 314 g/mol. The summed E-state index contributed by atoms with van der Waals surface area (Å²) in [7, 11) is 0. The van der Waals surface area contributed by atoms with Gasteiger partial charge in [-0.15, -0.1) is 0 Å². The highest BCUT2D eigenvalue weighted by molar-refractivity contribution is 5.95. The van der Waals surface area contributed by atoms with Crippen LogP contribution < -0.4 is 0 Å². The topological polar surface area (TPSA) is 63.6 Å². The number of rotatable bonds is 3. The van der Waals surface area contributed by atoms with Crippen LogP contribution in [-0.4, -0.2) is 29.1 Å². The third-order valence-electron chi connectivity index (χ3n) is 4.01. The van der Waals surface area contributed by atoms with Crippen LogP contribution in [0.3, 0.4) is 0 Å². The van der Waals surface area contributed by atoms with Gasteiger partial charge in [0.1, 0.15) is 12.2 Å². The van der Waals surface area contributed by atoms with Gasteiger partial charge in [0.05, 0.1) is 0 Å². The summed E-state index contributed by atoms with van der Waals surface area (Å²) in [5.74, 6) is -0.571. The van der Waals surface area contributed by atoms with E-state index in [-0.39, 0.29) is 12.2 Å². The maximum absolute atomic E-state index is 12.1. The smallest absolute Gasteiger partial charge is 0.331 e. The van der Waals surface area contributed by atoms with Gasteiger partial charge in [0.2, 0.25) is 0 Å². The molecule has 0 heterocycles. The largest absolute Gasteiger partial charge is 0.456 e. The summed E-state index contributed by atoms with van der Waals surface area (Å²) < 4.78 is 5.44. The van der Waals surface area contributed by atoms with Gasteiger partial charge in [0.25, 0.3) is 0 Å². The van der Waals surface area contributed by atoms with Crippen LogP contribution in [0.2, 0.25) is 0 Å². The average Bonchev–Trinajstić information content (AvgIpc) is 2.56. The first-order valence-electron chi connectivity index (χ1n) is 7.63. The Morgan fingerprint density at radius 3 is 2.61 bits per heavy atom. The molecule has 0 fully saturated rings. The molecule has 0 aliphatic heterocycles. The third-order valence-corrected chi connectivity index (χ3v) is 4.01. The van der Waals surface area contributed by atoms with Crippen LogP contribution in [0, 0.1) is 5.41 Å². The van der Waals surface area contributed by atoms with E-state index < -0.39 is 23.6 Å². The molecule has 122 valence electrons. The molecule has 4 heteroatoms. The Kier molecular flexibility index (Phi) is 5.16. The van der Waals surface area contributed by atoms with Gasteiger partial charge in [0, 0.05) is 17.9 Å². The van der Waals surface area contributed by atoms with Crippen molar-refractivity contribution in [2.24, 2.45) is 5.41 Å². The Balaban J connectivity index is 2.12. The summed E-state index contributed by atoms with van der Waals surface area (Å²) in [4.78, 5) is 24.1. The number of aliphatic hydroxyl groups is 1. The van der Waals surface area contributed by atoms with Crippen LogP contribution in [0.4, 0.5) is 0 Å². The van der Waals surface area contributed by atoms with Crippen molar-refractivity contribution in [1.82, 2.24) is 0 Å². The summed E-state index contributed by atoms with van der Waals surface area (Å²) in [6, 6.07) is 9.40. The van der Waals surface area contributed by atoms with Crippen molar-refractivity contribution in [3.8, 4) is 0 Å². The number of esters is 1. The molecule has 0 aromatic heterocycles. The van der Waals surface area contributed by atoms with Crippen molar-refractivity contribution in [3.63, 3.8) is 0 Å². The Bertz CT molecular complexity index is 641. The molecule has 1 N–H and O–H groups in total. The summed E-state index contributed by atoms with van der Waals surface area (Å²) in [5.41, 5.74) is 0.751. The number of ether oxygens (including phenoxy) is 1. The predicted molar refractivity (Wildman–Crippen MR) is 88.5 cm³/mol. The SMILES string of the molecule is CC1=CC(O)C(OC(=O)/C=C/c2ccccc2)C(C)(C)CC1=O. The Morgan fingerprint density at radius 1 is 1.30 bits per heavy atom. The van der Waals surface area contributed by atoms with Gasteiger partial charge in [-0.3, -0.25) is 4.79 Å². The minimum Gasteiger partial charge on any atom is -0.456 e. The minimum absolute atomic E-state index is 0.0348. The number of allylic oxidation sites excluding steroid dienone is 1.